The van der Waals surface area contributed by atoms with Crippen molar-refractivity contribution >= 4 is 40.6 Å². The number of halogens is 3. The minimum absolute atomic E-state index is 0.288. The highest BCUT2D eigenvalue weighted by Gasteiger charge is 2.13. The van der Waals surface area contributed by atoms with Crippen LogP contribution in [0, 0.1) is 0 Å². The molecule has 0 aliphatic rings. The first kappa shape index (κ1) is 10.8. The van der Waals surface area contributed by atoms with Crippen molar-refractivity contribution in [3.63, 3.8) is 0 Å². The SMILES string of the molecule is O=C(c1ccc(CCl)cc1)C(Cl)Cl. The summed E-state index contributed by atoms with van der Waals surface area (Å²) in [6, 6.07) is 6.88. The summed E-state index contributed by atoms with van der Waals surface area (Å²) in [6.45, 7) is 0. The third kappa shape index (κ3) is 2.87. The molecular formula is C9H7Cl3O. The van der Waals surface area contributed by atoms with E-state index in [1.165, 1.54) is 0 Å². The zero-order valence-corrected chi connectivity index (χ0v) is 8.90. The van der Waals surface area contributed by atoms with Gasteiger partial charge in [-0.3, -0.25) is 4.79 Å². The quantitative estimate of drug-likeness (QED) is 0.582. The van der Waals surface area contributed by atoms with Crippen molar-refractivity contribution in [3.8, 4) is 0 Å². The molecule has 4 heteroatoms. The Kier molecular flexibility index (Phi) is 4.04. The lowest BCUT2D eigenvalue weighted by molar-refractivity contribution is 0.101. The first-order chi connectivity index (χ1) is 6.15. The van der Waals surface area contributed by atoms with Gasteiger partial charge in [-0.25, -0.2) is 0 Å². The Labute approximate surface area is 91.6 Å². The summed E-state index contributed by atoms with van der Waals surface area (Å²) in [5, 5.41) is 0. The van der Waals surface area contributed by atoms with Gasteiger partial charge in [0, 0.05) is 11.4 Å². The van der Waals surface area contributed by atoms with Crippen molar-refractivity contribution in [2.24, 2.45) is 0 Å². The zero-order chi connectivity index (χ0) is 9.84. The third-order valence-corrected chi connectivity index (χ3v) is 2.30. The number of alkyl halides is 3. The average molecular weight is 238 g/mol. The Morgan fingerprint density at radius 2 is 1.77 bits per heavy atom. The second-order valence-corrected chi connectivity index (χ2v) is 3.86. The Balaban J connectivity index is 2.86. The van der Waals surface area contributed by atoms with Gasteiger partial charge in [0.2, 0.25) is 0 Å². The predicted octanol–water partition coefficient (Wildman–Crippen LogP) is 3.41. The van der Waals surface area contributed by atoms with Gasteiger partial charge in [0.25, 0.3) is 0 Å². The maximum absolute atomic E-state index is 11.2. The second-order valence-electron chi connectivity index (χ2n) is 2.50. The highest BCUT2D eigenvalue weighted by molar-refractivity contribution is 6.55. The first-order valence-corrected chi connectivity index (χ1v) is 5.03. The molecule has 1 nitrogen and oxygen atoms in total. The molecule has 0 radical (unpaired) electrons. The van der Waals surface area contributed by atoms with Crippen LogP contribution in [0.1, 0.15) is 15.9 Å². The lowest BCUT2D eigenvalue weighted by Gasteiger charge is -2.01. The number of hydrogen-bond acceptors (Lipinski definition) is 1. The molecule has 0 amide bonds. The van der Waals surface area contributed by atoms with Crippen LogP contribution in [0.25, 0.3) is 0 Å². The molecule has 0 bridgehead atoms. The van der Waals surface area contributed by atoms with Crippen LogP contribution in [-0.4, -0.2) is 10.6 Å². The average Bonchev–Trinajstić information content (AvgIpc) is 2.17. The van der Waals surface area contributed by atoms with Gasteiger partial charge in [-0.05, 0) is 5.56 Å². The monoisotopic (exact) mass is 236 g/mol. The number of ketones is 1. The molecule has 0 aliphatic heterocycles. The molecule has 0 unspecified atom stereocenters. The molecule has 0 spiro atoms. The Morgan fingerprint density at radius 3 is 2.15 bits per heavy atom. The molecule has 1 rings (SSSR count). The number of benzene rings is 1. The largest absolute Gasteiger partial charge is 0.291 e. The van der Waals surface area contributed by atoms with Gasteiger partial charge in [0.1, 0.15) is 0 Å². The number of rotatable bonds is 3. The van der Waals surface area contributed by atoms with Gasteiger partial charge in [0.05, 0.1) is 0 Å². The molecule has 0 fully saturated rings. The number of hydrogen-bond donors (Lipinski definition) is 0. The van der Waals surface area contributed by atoms with Gasteiger partial charge in [0.15, 0.2) is 10.6 Å². The fourth-order valence-electron chi connectivity index (χ4n) is 0.884. The van der Waals surface area contributed by atoms with Crippen LogP contribution in [-0.2, 0) is 5.88 Å². The van der Waals surface area contributed by atoms with E-state index >= 15 is 0 Å². The van der Waals surface area contributed by atoms with Crippen LogP contribution in [0.3, 0.4) is 0 Å². The van der Waals surface area contributed by atoms with E-state index in [9.17, 15) is 4.79 Å². The minimum atomic E-state index is -0.998. The van der Waals surface area contributed by atoms with Crippen molar-refractivity contribution in [1.29, 1.82) is 0 Å². The molecule has 1 aromatic rings. The summed E-state index contributed by atoms with van der Waals surface area (Å²) in [5.74, 6) is 0.143. The third-order valence-electron chi connectivity index (χ3n) is 1.59. The number of carbonyl (C=O) groups excluding carboxylic acids is 1. The molecule has 70 valence electrons. The zero-order valence-electron chi connectivity index (χ0n) is 6.64. The smallest absolute Gasteiger partial charge is 0.195 e. The van der Waals surface area contributed by atoms with Gasteiger partial charge in [-0.15, -0.1) is 11.6 Å². The fourth-order valence-corrected chi connectivity index (χ4v) is 1.31. The highest BCUT2D eigenvalue weighted by atomic mass is 35.5. The number of carbonyl (C=O) groups is 1. The maximum Gasteiger partial charge on any atom is 0.195 e. The minimum Gasteiger partial charge on any atom is -0.291 e. The molecule has 1 aromatic carbocycles. The summed E-state index contributed by atoms with van der Waals surface area (Å²) in [4.78, 5) is 10.2. The summed E-state index contributed by atoms with van der Waals surface area (Å²) < 4.78 is 0. The summed E-state index contributed by atoms with van der Waals surface area (Å²) in [7, 11) is 0. The van der Waals surface area contributed by atoms with E-state index in [0.29, 0.717) is 11.4 Å². The molecule has 0 aliphatic carbocycles. The molecule has 13 heavy (non-hydrogen) atoms. The number of Topliss-reactive ketones (excluding diaryl/α,β-unsaturated/α-hetero) is 1. The normalized spacial score (nSPS) is 10.5. The van der Waals surface area contributed by atoms with E-state index in [4.69, 9.17) is 34.8 Å². The van der Waals surface area contributed by atoms with Crippen LogP contribution in [0.15, 0.2) is 24.3 Å². The van der Waals surface area contributed by atoms with Crippen molar-refractivity contribution in [2.75, 3.05) is 0 Å². The van der Waals surface area contributed by atoms with E-state index in [1.54, 1.807) is 24.3 Å². The molecule has 0 atom stereocenters. The highest BCUT2D eigenvalue weighted by Crippen LogP contribution is 2.13. The van der Waals surface area contributed by atoms with Crippen LogP contribution >= 0.6 is 34.8 Å². The van der Waals surface area contributed by atoms with Crippen LogP contribution in [0.4, 0.5) is 0 Å². The van der Waals surface area contributed by atoms with Gasteiger partial charge >= 0.3 is 0 Å². The lowest BCUT2D eigenvalue weighted by Crippen LogP contribution is -2.07. The molecule has 0 heterocycles. The van der Waals surface area contributed by atoms with E-state index in [-0.39, 0.29) is 5.78 Å². The van der Waals surface area contributed by atoms with Gasteiger partial charge in [-0.1, -0.05) is 47.5 Å². The summed E-state index contributed by atoms with van der Waals surface area (Å²) >= 11 is 16.4. The topological polar surface area (TPSA) is 17.1 Å². The second kappa shape index (κ2) is 4.85. The van der Waals surface area contributed by atoms with Crippen molar-refractivity contribution in [3.05, 3.63) is 35.4 Å². The van der Waals surface area contributed by atoms with E-state index in [0.717, 1.165) is 5.56 Å². The molecular weight excluding hydrogens is 230 g/mol. The lowest BCUT2D eigenvalue weighted by atomic mass is 10.1. The van der Waals surface area contributed by atoms with Gasteiger partial charge in [-0.2, -0.15) is 0 Å². The fraction of sp³-hybridized carbons (Fsp3) is 0.222. The maximum atomic E-state index is 11.2. The van der Waals surface area contributed by atoms with Crippen LogP contribution < -0.4 is 0 Å². The first-order valence-electron chi connectivity index (χ1n) is 3.62. The Bertz CT molecular complexity index is 292. The van der Waals surface area contributed by atoms with Crippen molar-refractivity contribution in [1.82, 2.24) is 0 Å². The van der Waals surface area contributed by atoms with Gasteiger partial charge < -0.3 is 0 Å². The van der Waals surface area contributed by atoms with Crippen molar-refractivity contribution < 1.29 is 4.79 Å². The Morgan fingerprint density at radius 1 is 1.23 bits per heavy atom. The van der Waals surface area contributed by atoms with E-state index in [1.807, 2.05) is 0 Å². The molecule has 0 N–H and O–H groups in total. The standard InChI is InChI=1S/C9H7Cl3O/c10-5-6-1-3-7(4-2-6)8(13)9(11)12/h1-4,9H,5H2. The molecule has 0 saturated heterocycles. The molecule has 0 saturated carbocycles. The van der Waals surface area contributed by atoms with Crippen LogP contribution in [0.2, 0.25) is 0 Å². The van der Waals surface area contributed by atoms with E-state index < -0.39 is 4.84 Å². The summed E-state index contributed by atoms with van der Waals surface area (Å²) in [5.41, 5.74) is 1.46. The van der Waals surface area contributed by atoms with Crippen LogP contribution in [0.5, 0.6) is 0 Å². The van der Waals surface area contributed by atoms with E-state index in [2.05, 4.69) is 0 Å². The predicted molar refractivity (Wildman–Crippen MR) is 55.8 cm³/mol. The van der Waals surface area contributed by atoms with Crippen molar-refractivity contribution in [2.45, 2.75) is 10.7 Å². The summed E-state index contributed by atoms with van der Waals surface area (Å²) in [6.07, 6.45) is 0. The Hall–Kier alpha value is -0.240. The molecule has 0 aromatic heterocycles.